The molecule has 0 radical (unpaired) electrons. The van der Waals surface area contributed by atoms with Gasteiger partial charge in [0, 0.05) is 11.3 Å². The topological polar surface area (TPSA) is 54.9 Å². The second-order valence-electron chi connectivity index (χ2n) is 5.83. The lowest BCUT2D eigenvalue weighted by Gasteiger charge is -2.08. The van der Waals surface area contributed by atoms with Crippen molar-refractivity contribution in [2.45, 2.75) is 26.7 Å². The SMILES string of the molecule is C=C(C)[C@H]1Cc2nc(NC(=O)c3ccccc3)nc(C)c2C1. The maximum atomic E-state index is 12.2. The van der Waals surface area contributed by atoms with Gasteiger partial charge in [-0.1, -0.05) is 30.4 Å². The maximum Gasteiger partial charge on any atom is 0.258 e. The molecule has 1 aliphatic carbocycles. The number of nitrogens with zero attached hydrogens (tertiary/aromatic N) is 2. The molecule has 1 aromatic heterocycles. The first-order valence-electron chi connectivity index (χ1n) is 7.43. The molecule has 4 nitrogen and oxygen atoms in total. The fourth-order valence-electron chi connectivity index (χ4n) is 2.81. The van der Waals surface area contributed by atoms with E-state index in [1.54, 1.807) is 12.1 Å². The van der Waals surface area contributed by atoms with E-state index in [2.05, 4.69) is 28.8 Å². The van der Waals surface area contributed by atoms with Crippen molar-refractivity contribution in [2.75, 3.05) is 5.32 Å². The first-order chi connectivity index (χ1) is 10.5. The minimum absolute atomic E-state index is 0.186. The van der Waals surface area contributed by atoms with Gasteiger partial charge in [-0.25, -0.2) is 9.97 Å². The Labute approximate surface area is 130 Å². The fourth-order valence-corrected chi connectivity index (χ4v) is 2.81. The molecule has 1 atom stereocenters. The van der Waals surface area contributed by atoms with Crippen LogP contribution in [0.3, 0.4) is 0 Å². The average molecular weight is 293 g/mol. The van der Waals surface area contributed by atoms with Gasteiger partial charge in [-0.15, -0.1) is 0 Å². The number of amides is 1. The van der Waals surface area contributed by atoms with Crippen LogP contribution in [-0.4, -0.2) is 15.9 Å². The van der Waals surface area contributed by atoms with Gasteiger partial charge in [-0.05, 0) is 50.3 Å². The van der Waals surface area contributed by atoms with E-state index in [1.165, 1.54) is 11.1 Å². The third kappa shape index (κ3) is 2.77. The van der Waals surface area contributed by atoms with Crippen molar-refractivity contribution in [1.29, 1.82) is 0 Å². The number of allylic oxidation sites excluding steroid dienone is 1. The predicted molar refractivity (Wildman–Crippen MR) is 86.9 cm³/mol. The molecule has 1 aliphatic rings. The molecule has 0 fully saturated rings. The third-order valence-corrected chi connectivity index (χ3v) is 4.15. The molecule has 1 amide bonds. The highest BCUT2D eigenvalue weighted by molar-refractivity contribution is 6.03. The molecular weight excluding hydrogens is 274 g/mol. The number of aromatic nitrogens is 2. The minimum Gasteiger partial charge on any atom is -0.290 e. The van der Waals surface area contributed by atoms with Gasteiger partial charge in [0.25, 0.3) is 5.91 Å². The van der Waals surface area contributed by atoms with Crippen LogP contribution < -0.4 is 5.32 Å². The van der Waals surface area contributed by atoms with E-state index >= 15 is 0 Å². The highest BCUT2D eigenvalue weighted by atomic mass is 16.1. The number of nitrogens with one attached hydrogen (secondary N) is 1. The van der Waals surface area contributed by atoms with Crippen LogP contribution in [0.2, 0.25) is 0 Å². The smallest absolute Gasteiger partial charge is 0.258 e. The number of benzene rings is 1. The first-order valence-corrected chi connectivity index (χ1v) is 7.43. The number of hydrogen-bond acceptors (Lipinski definition) is 3. The molecule has 0 aliphatic heterocycles. The summed E-state index contributed by atoms with van der Waals surface area (Å²) in [7, 11) is 0. The number of hydrogen-bond donors (Lipinski definition) is 1. The summed E-state index contributed by atoms with van der Waals surface area (Å²) in [5.74, 6) is 0.630. The van der Waals surface area contributed by atoms with Crippen molar-refractivity contribution in [1.82, 2.24) is 9.97 Å². The van der Waals surface area contributed by atoms with Crippen LogP contribution in [0.5, 0.6) is 0 Å². The Morgan fingerprint density at radius 3 is 2.64 bits per heavy atom. The molecule has 0 bridgehead atoms. The van der Waals surface area contributed by atoms with E-state index in [0.29, 0.717) is 17.4 Å². The number of anilines is 1. The van der Waals surface area contributed by atoms with Crippen LogP contribution in [-0.2, 0) is 12.8 Å². The van der Waals surface area contributed by atoms with Gasteiger partial charge in [-0.2, -0.15) is 0 Å². The largest absolute Gasteiger partial charge is 0.290 e. The van der Waals surface area contributed by atoms with Gasteiger partial charge < -0.3 is 0 Å². The number of fused-ring (bicyclic) bond motifs is 1. The van der Waals surface area contributed by atoms with Gasteiger partial charge >= 0.3 is 0 Å². The molecule has 0 unspecified atom stereocenters. The van der Waals surface area contributed by atoms with Crippen LogP contribution in [0.1, 0.15) is 34.2 Å². The maximum absolute atomic E-state index is 12.2. The van der Waals surface area contributed by atoms with E-state index in [1.807, 2.05) is 25.1 Å². The van der Waals surface area contributed by atoms with Crippen molar-refractivity contribution in [2.24, 2.45) is 5.92 Å². The van der Waals surface area contributed by atoms with Crippen molar-refractivity contribution in [3.8, 4) is 0 Å². The average Bonchev–Trinajstić information content (AvgIpc) is 2.93. The monoisotopic (exact) mass is 293 g/mol. The van der Waals surface area contributed by atoms with Crippen molar-refractivity contribution < 1.29 is 4.79 Å². The third-order valence-electron chi connectivity index (χ3n) is 4.15. The number of carbonyl (C=O) groups is 1. The number of carbonyl (C=O) groups excluding carboxylic acids is 1. The van der Waals surface area contributed by atoms with E-state index in [9.17, 15) is 4.79 Å². The van der Waals surface area contributed by atoms with Crippen molar-refractivity contribution in [3.05, 3.63) is 65.0 Å². The zero-order valence-electron chi connectivity index (χ0n) is 12.9. The Hall–Kier alpha value is -2.49. The van der Waals surface area contributed by atoms with Gasteiger partial charge in [0.1, 0.15) is 0 Å². The minimum atomic E-state index is -0.186. The summed E-state index contributed by atoms with van der Waals surface area (Å²) in [5.41, 5.74) is 4.95. The summed E-state index contributed by atoms with van der Waals surface area (Å²) in [5, 5.41) is 2.79. The van der Waals surface area contributed by atoms with Crippen LogP contribution in [0, 0.1) is 12.8 Å². The second kappa shape index (κ2) is 5.72. The van der Waals surface area contributed by atoms with Crippen LogP contribution in [0.15, 0.2) is 42.5 Å². The van der Waals surface area contributed by atoms with Gasteiger partial charge in [0.2, 0.25) is 5.95 Å². The van der Waals surface area contributed by atoms with Crippen LogP contribution >= 0.6 is 0 Å². The first kappa shape index (κ1) is 14.4. The Balaban J connectivity index is 1.83. The molecular formula is C18H19N3O. The van der Waals surface area contributed by atoms with Gasteiger partial charge in [0.05, 0.1) is 5.69 Å². The van der Waals surface area contributed by atoms with E-state index < -0.39 is 0 Å². The van der Waals surface area contributed by atoms with Gasteiger partial charge in [-0.3, -0.25) is 10.1 Å². The quantitative estimate of drug-likeness (QED) is 0.883. The zero-order chi connectivity index (χ0) is 15.7. The molecule has 3 rings (SSSR count). The summed E-state index contributed by atoms with van der Waals surface area (Å²) in [6.45, 7) is 8.07. The lowest BCUT2D eigenvalue weighted by atomic mass is 9.99. The zero-order valence-corrected chi connectivity index (χ0v) is 12.9. The van der Waals surface area contributed by atoms with Gasteiger partial charge in [0.15, 0.2) is 0 Å². The fraction of sp³-hybridized carbons (Fsp3) is 0.278. The summed E-state index contributed by atoms with van der Waals surface area (Å²) < 4.78 is 0. The summed E-state index contributed by atoms with van der Waals surface area (Å²) in [4.78, 5) is 21.2. The lowest BCUT2D eigenvalue weighted by Crippen LogP contribution is -2.15. The highest BCUT2D eigenvalue weighted by Gasteiger charge is 2.26. The Morgan fingerprint density at radius 1 is 1.23 bits per heavy atom. The molecule has 2 aromatic rings. The van der Waals surface area contributed by atoms with Crippen LogP contribution in [0.4, 0.5) is 5.95 Å². The molecule has 1 heterocycles. The standard InChI is InChI=1S/C18H19N3O/c1-11(2)14-9-15-12(3)19-18(20-16(15)10-14)21-17(22)13-7-5-4-6-8-13/h4-8,14H,1,9-10H2,2-3H3,(H,19,20,21,22)/t14-/m1/s1. The Bertz CT molecular complexity index is 737. The number of rotatable bonds is 3. The molecule has 1 aromatic carbocycles. The normalized spacial score (nSPS) is 16.2. The molecule has 4 heteroatoms. The summed E-state index contributed by atoms with van der Waals surface area (Å²) in [6.07, 6.45) is 1.83. The van der Waals surface area contributed by atoms with E-state index in [0.717, 1.165) is 24.2 Å². The Morgan fingerprint density at radius 2 is 1.95 bits per heavy atom. The number of aryl methyl sites for hydroxylation is 1. The van der Waals surface area contributed by atoms with E-state index in [-0.39, 0.29) is 5.91 Å². The van der Waals surface area contributed by atoms with Crippen LogP contribution in [0.25, 0.3) is 0 Å². The second-order valence-corrected chi connectivity index (χ2v) is 5.83. The molecule has 0 spiro atoms. The molecule has 0 saturated carbocycles. The summed E-state index contributed by atoms with van der Waals surface area (Å²) in [6, 6.07) is 9.09. The summed E-state index contributed by atoms with van der Waals surface area (Å²) >= 11 is 0. The molecule has 22 heavy (non-hydrogen) atoms. The van der Waals surface area contributed by atoms with Crippen molar-refractivity contribution in [3.63, 3.8) is 0 Å². The Kier molecular flexibility index (Phi) is 3.75. The molecule has 1 N–H and O–H groups in total. The van der Waals surface area contributed by atoms with E-state index in [4.69, 9.17) is 0 Å². The molecule has 0 saturated heterocycles. The van der Waals surface area contributed by atoms with Crippen molar-refractivity contribution >= 4 is 11.9 Å². The predicted octanol–water partition coefficient (Wildman–Crippen LogP) is 3.33. The molecule has 112 valence electrons. The highest BCUT2D eigenvalue weighted by Crippen LogP contribution is 2.31. The lowest BCUT2D eigenvalue weighted by molar-refractivity contribution is 0.102.